The second kappa shape index (κ2) is 14.1. The van der Waals surface area contributed by atoms with Crippen molar-refractivity contribution in [2.75, 3.05) is 37.4 Å². The minimum absolute atomic E-state index is 0.0331. The molecule has 1 fully saturated rings. The van der Waals surface area contributed by atoms with Crippen LogP contribution in [0.25, 0.3) is 0 Å². The molecule has 1 atom stereocenters. The average Bonchev–Trinajstić information content (AvgIpc) is 3.37. The maximum Gasteiger partial charge on any atom is 0.254 e. The van der Waals surface area contributed by atoms with Crippen molar-refractivity contribution in [3.8, 4) is 0 Å². The highest BCUT2D eigenvalue weighted by atomic mass is 32.2. The lowest BCUT2D eigenvalue weighted by Crippen LogP contribution is -2.40. The number of hydrogen-bond acceptors (Lipinski definition) is 7. The normalized spacial score (nSPS) is 14.0. The number of thioether (sulfide) groups is 1. The van der Waals surface area contributed by atoms with E-state index in [4.69, 9.17) is 4.74 Å². The average molecular weight is 577 g/mol. The van der Waals surface area contributed by atoms with Crippen molar-refractivity contribution in [3.63, 3.8) is 0 Å². The zero-order valence-corrected chi connectivity index (χ0v) is 24.4. The number of hydrogen-bond donors (Lipinski definition) is 2. The molecular formula is C30H36N6O4S. The van der Waals surface area contributed by atoms with Crippen LogP contribution in [-0.2, 0) is 16.1 Å². The van der Waals surface area contributed by atoms with Crippen LogP contribution in [0.5, 0.6) is 0 Å². The number of carbonyl (C=O) groups is 3. The Kier molecular flexibility index (Phi) is 10.3. The van der Waals surface area contributed by atoms with Gasteiger partial charge in [-0.3, -0.25) is 14.4 Å². The molecule has 1 aliphatic heterocycles. The Hall–Kier alpha value is -3.96. The molecule has 3 aromatic rings. The second-order valence-electron chi connectivity index (χ2n) is 10.1. The summed E-state index contributed by atoms with van der Waals surface area (Å²) < 4.78 is 7.19. The number of ether oxygens (including phenoxy) is 1. The molecule has 2 N–H and O–H groups in total. The van der Waals surface area contributed by atoms with Crippen LogP contribution in [0.4, 0.5) is 5.69 Å². The van der Waals surface area contributed by atoms with Crippen molar-refractivity contribution in [2.24, 2.45) is 5.92 Å². The maximum absolute atomic E-state index is 13.0. The van der Waals surface area contributed by atoms with E-state index >= 15 is 0 Å². The van der Waals surface area contributed by atoms with Crippen LogP contribution in [0.3, 0.4) is 0 Å². The third-order valence-corrected chi connectivity index (χ3v) is 7.59. The maximum atomic E-state index is 13.0. The number of nitrogens with one attached hydrogen (secondary N) is 2. The zero-order chi connectivity index (χ0) is 29.4. The number of aromatic nitrogens is 3. The van der Waals surface area contributed by atoms with Gasteiger partial charge < -0.3 is 24.8 Å². The van der Waals surface area contributed by atoms with Crippen LogP contribution in [-0.4, -0.2) is 69.4 Å². The molecule has 0 radical (unpaired) electrons. The molecule has 2 heterocycles. The van der Waals surface area contributed by atoms with Crippen LogP contribution >= 0.6 is 11.8 Å². The molecule has 1 aromatic heterocycles. The molecule has 11 heteroatoms. The van der Waals surface area contributed by atoms with E-state index in [1.807, 2.05) is 37.5 Å². The lowest BCUT2D eigenvalue weighted by Gasteiger charge is -2.27. The highest BCUT2D eigenvalue weighted by molar-refractivity contribution is 7.99. The Balaban J connectivity index is 1.42. The molecule has 4 rings (SSSR count). The molecule has 3 amide bonds. The van der Waals surface area contributed by atoms with Gasteiger partial charge in [0.15, 0.2) is 11.0 Å². The topological polar surface area (TPSA) is 118 Å². The van der Waals surface area contributed by atoms with Gasteiger partial charge in [-0.15, -0.1) is 16.8 Å². The number of morpholine rings is 1. The molecule has 0 aliphatic carbocycles. The van der Waals surface area contributed by atoms with Crippen molar-refractivity contribution >= 4 is 35.2 Å². The number of carbonyl (C=O) groups excluding carboxylic acids is 3. The first-order valence-electron chi connectivity index (χ1n) is 13.6. The van der Waals surface area contributed by atoms with Crippen molar-refractivity contribution in [3.05, 3.63) is 83.7 Å². The van der Waals surface area contributed by atoms with E-state index in [0.717, 1.165) is 5.56 Å². The number of anilines is 1. The van der Waals surface area contributed by atoms with Gasteiger partial charge in [-0.1, -0.05) is 55.4 Å². The van der Waals surface area contributed by atoms with Crippen molar-refractivity contribution < 1.29 is 19.1 Å². The van der Waals surface area contributed by atoms with E-state index in [1.54, 1.807) is 47.4 Å². The molecule has 10 nitrogen and oxygen atoms in total. The van der Waals surface area contributed by atoms with Gasteiger partial charge in [-0.2, -0.15) is 0 Å². The minimum atomic E-state index is -0.397. The molecule has 41 heavy (non-hydrogen) atoms. The highest BCUT2D eigenvalue weighted by Crippen LogP contribution is 2.26. The van der Waals surface area contributed by atoms with Crippen LogP contribution in [0.15, 0.2) is 66.3 Å². The van der Waals surface area contributed by atoms with Crippen molar-refractivity contribution in [1.82, 2.24) is 25.0 Å². The standard InChI is InChI=1S/C30H36N6O4S/c1-5-13-36-27(26(20(2)3)32-28(38)22-11-9-21(4)10-12-22)33-34-30(36)41-19-25(37)31-24-8-6-7-23(18-24)29(39)35-14-16-40-17-15-35/h5-12,18,20,26H,1,13-17,19H2,2-4H3,(H,31,37)(H,32,38)/t26-/m0/s1. The predicted octanol–water partition coefficient (Wildman–Crippen LogP) is 4.10. The summed E-state index contributed by atoms with van der Waals surface area (Å²) in [5.74, 6) is 0.189. The van der Waals surface area contributed by atoms with Crippen LogP contribution < -0.4 is 10.6 Å². The minimum Gasteiger partial charge on any atom is -0.378 e. The molecule has 0 unspecified atom stereocenters. The molecule has 1 aliphatic rings. The number of rotatable bonds is 11. The molecule has 1 saturated heterocycles. The Morgan fingerprint density at radius 1 is 1.07 bits per heavy atom. The fourth-order valence-corrected chi connectivity index (χ4v) is 5.16. The summed E-state index contributed by atoms with van der Waals surface area (Å²) in [5.41, 5.74) is 2.70. The fraction of sp³-hybridized carbons (Fsp3) is 0.367. The summed E-state index contributed by atoms with van der Waals surface area (Å²) in [4.78, 5) is 40.4. The number of aryl methyl sites for hydroxylation is 1. The summed E-state index contributed by atoms with van der Waals surface area (Å²) in [7, 11) is 0. The quantitative estimate of drug-likeness (QED) is 0.261. The second-order valence-corrected chi connectivity index (χ2v) is 11.1. The molecule has 0 bridgehead atoms. The predicted molar refractivity (Wildman–Crippen MR) is 159 cm³/mol. The van der Waals surface area contributed by atoms with E-state index in [-0.39, 0.29) is 29.4 Å². The van der Waals surface area contributed by atoms with Crippen LogP contribution in [0.2, 0.25) is 0 Å². The van der Waals surface area contributed by atoms with E-state index in [1.165, 1.54) is 11.8 Å². The van der Waals surface area contributed by atoms with Gasteiger partial charge >= 0.3 is 0 Å². The zero-order valence-electron chi connectivity index (χ0n) is 23.6. The lowest BCUT2D eigenvalue weighted by molar-refractivity contribution is -0.113. The highest BCUT2D eigenvalue weighted by Gasteiger charge is 2.26. The molecule has 0 saturated carbocycles. The monoisotopic (exact) mass is 576 g/mol. The fourth-order valence-electron chi connectivity index (χ4n) is 4.40. The SMILES string of the molecule is C=CCn1c(SCC(=O)Nc2cccc(C(=O)N3CCOCC3)c2)nnc1[C@@H](NC(=O)c1ccc(C)cc1)C(C)C. The van der Waals surface area contributed by atoms with Gasteiger partial charge in [0.2, 0.25) is 5.91 Å². The van der Waals surface area contributed by atoms with Gasteiger partial charge in [-0.25, -0.2) is 0 Å². The Morgan fingerprint density at radius 2 is 1.80 bits per heavy atom. The molecule has 2 aromatic carbocycles. The summed E-state index contributed by atoms with van der Waals surface area (Å²) in [5, 5.41) is 15.2. The summed E-state index contributed by atoms with van der Waals surface area (Å²) in [6, 6.07) is 13.9. The Bertz CT molecular complexity index is 1380. The first kappa shape index (κ1) is 30.0. The van der Waals surface area contributed by atoms with Gasteiger partial charge in [0, 0.05) is 36.4 Å². The third-order valence-electron chi connectivity index (χ3n) is 6.63. The first-order chi connectivity index (χ1) is 19.8. The first-order valence-corrected chi connectivity index (χ1v) is 14.6. The smallest absolute Gasteiger partial charge is 0.254 e. The summed E-state index contributed by atoms with van der Waals surface area (Å²) >= 11 is 1.24. The Labute approximate surface area is 244 Å². The summed E-state index contributed by atoms with van der Waals surface area (Å²) in [6.45, 7) is 12.4. The molecular weight excluding hydrogens is 540 g/mol. The number of nitrogens with zero attached hydrogens (tertiary/aromatic N) is 4. The van der Waals surface area contributed by atoms with E-state index in [9.17, 15) is 14.4 Å². The largest absolute Gasteiger partial charge is 0.378 e. The van der Waals surface area contributed by atoms with E-state index in [0.29, 0.717) is 60.6 Å². The third kappa shape index (κ3) is 7.83. The Morgan fingerprint density at radius 3 is 2.49 bits per heavy atom. The van der Waals surface area contributed by atoms with Crippen molar-refractivity contribution in [1.29, 1.82) is 0 Å². The number of amides is 3. The van der Waals surface area contributed by atoms with Gasteiger partial charge in [-0.05, 0) is 43.2 Å². The molecule has 216 valence electrons. The van der Waals surface area contributed by atoms with E-state index in [2.05, 4.69) is 27.4 Å². The number of benzene rings is 2. The number of allylic oxidation sites excluding steroid dienone is 1. The summed E-state index contributed by atoms with van der Waals surface area (Å²) in [6.07, 6.45) is 1.73. The van der Waals surface area contributed by atoms with E-state index < -0.39 is 6.04 Å². The van der Waals surface area contributed by atoms with Gasteiger partial charge in [0.1, 0.15) is 0 Å². The van der Waals surface area contributed by atoms with Crippen LogP contribution in [0, 0.1) is 12.8 Å². The van der Waals surface area contributed by atoms with Crippen LogP contribution in [0.1, 0.15) is 52.0 Å². The molecule has 0 spiro atoms. The lowest BCUT2D eigenvalue weighted by atomic mass is 10.0. The van der Waals surface area contributed by atoms with Gasteiger partial charge in [0.25, 0.3) is 11.8 Å². The van der Waals surface area contributed by atoms with Crippen molar-refractivity contribution in [2.45, 2.75) is 38.5 Å². The van der Waals surface area contributed by atoms with Gasteiger partial charge in [0.05, 0.1) is 25.0 Å².